The second-order valence-corrected chi connectivity index (χ2v) is 12.0. The zero-order valence-electron chi connectivity index (χ0n) is 29.2. The van der Waals surface area contributed by atoms with Crippen LogP contribution in [-0.2, 0) is 60.0 Å². The molecule has 0 aromatic heterocycles. The van der Waals surface area contributed by atoms with Gasteiger partial charge in [-0.25, -0.2) is 0 Å². The second kappa shape index (κ2) is 23.7. The number of aliphatic hydroxyl groups is 3. The molecule has 0 saturated carbocycles. The number of aliphatic hydroxyl groups excluding tert-OH is 3. The Labute approximate surface area is 298 Å². The average Bonchev–Trinajstić information content (AvgIpc) is 3.08. The van der Waals surface area contributed by atoms with Gasteiger partial charge in [0.05, 0.1) is 56.9 Å². The summed E-state index contributed by atoms with van der Waals surface area (Å²) in [5.41, 5.74) is 0. The van der Waals surface area contributed by atoms with E-state index in [2.05, 4.69) is 0 Å². The average molecular weight is 738 g/mol. The molecule has 0 atom stereocenters. The van der Waals surface area contributed by atoms with Crippen LogP contribution < -0.4 is 0 Å². The zero-order chi connectivity index (χ0) is 36.4. The minimum Gasteiger partial charge on any atom is -0.512 e. The molecule has 3 aliphatic rings. The number of morpholine rings is 3. The predicted molar refractivity (Wildman–Crippen MR) is 174 cm³/mol. The number of ether oxygens (including phenoxy) is 3. The fourth-order valence-corrected chi connectivity index (χ4v) is 3.85. The Morgan fingerprint density at radius 2 is 0.633 bits per heavy atom. The third-order valence-electron chi connectivity index (χ3n) is 7.14. The molecule has 0 unspecified atom stereocenters. The van der Waals surface area contributed by atoms with Gasteiger partial charge >= 0.3 is 0 Å². The van der Waals surface area contributed by atoms with Crippen molar-refractivity contribution >= 4 is 35.1 Å². The Kier molecular flexibility index (Phi) is 22.0. The van der Waals surface area contributed by atoms with Gasteiger partial charge in [0, 0.05) is 92.3 Å². The third-order valence-corrected chi connectivity index (χ3v) is 7.14. The number of amides is 3. The van der Waals surface area contributed by atoms with Crippen LogP contribution in [0.4, 0.5) is 0 Å². The first-order chi connectivity index (χ1) is 22.6. The van der Waals surface area contributed by atoms with Crippen molar-refractivity contribution in [3.63, 3.8) is 0 Å². The van der Waals surface area contributed by atoms with Gasteiger partial charge in [-0.3, -0.25) is 28.8 Å². The molecule has 0 aliphatic carbocycles. The molecular formula is C33H51FeN3O12. The van der Waals surface area contributed by atoms with Crippen molar-refractivity contribution in [2.45, 2.75) is 41.5 Å². The van der Waals surface area contributed by atoms with Gasteiger partial charge < -0.3 is 44.2 Å². The van der Waals surface area contributed by atoms with Crippen LogP contribution in [0.1, 0.15) is 41.5 Å². The largest absolute Gasteiger partial charge is 0.512 e. The monoisotopic (exact) mass is 737 g/mol. The van der Waals surface area contributed by atoms with E-state index < -0.39 is 35.1 Å². The quantitative estimate of drug-likeness (QED) is 0.134. The third kappa shape index (κ3) is 17.1. The van der Waals surface area contributed by atoms with Crippen LogP contribution in [0.5, 0.6) is 0 Å². The van der Waals surface area contributed by atoms with Crippen molar-refractivity contribution in [3.05, 3.63) is 35.5 Å². The molecule has 0 bridgehead atoms. The van der Waals surface area contributed by atoms with Crippen LogP contribution in [-0.4, -0.2) is 144 Å². The van der Waals surface area contributed by atoms with Crippen molar-refractivity contribution in [2.75, 3.05) is 78.9 Å². The van der Waals surface area contributed by atoms with E-state index in [4.69, 9.17) is 14.2 Å². The summed E-state index contributed by atoms with van der Waals surface area (Å²) in [6.45, 7) is 15.8. The minimum atomic E-state index is -0.673. The first-order valence-corrected chi connectivity index (χ1v) is 16.0. The van der Waals surface area contributed by atoms with Gasteiger partial charge in [0.15, 0.2) is 0 Å². The number of carbonyl (C=O) groups is 6. The fourth-order valence-electron chi connectivity index (χ4n) is 3.85. The van der Waals surface area contributed by atoms with Gasteiger partial charge in [0.1, 0.15) is 0 Å². The van der Waals surface area contributed by atoms with E-state index in [9.17, 15) is 44.1 Å². The summed E-state index contributed by atoms with van der Waals surface area (Å²) < 4.78 is 15.2. The Hall–Kier alpha value is -3.56. The first kappa shape index (κ1) is 45.4. The van der Waals surface area contributed by atoms with Gasteiger partial charge in [-0.15, -0.1) is 0 Å². The van der Waals surface area contributed by atoms with Gasteiger partial charge in [-0.1, -0.05) is 41.5 Å². The number of nitrogens with zero attached hydrogens (tertiary/aromatic N) is 3. The number of carbonyl (C=O) groups excluding carboxylic acids is 6. The molecule has 3 N–H and O–H groups in total. The van der Waals surface area contributed by atoms with Crippen LogP contribution in [0.15, 0.2) is 35.5 Å². The predicted octanol–water partition coefficient (Wildman–Crippen LogP) is 1.53. The summed E-state index contributed by atoms with van der Waals surface area (Å²) in [7, 11) is 0. The fraction of sp³-hybridized carbons (Fsp3) is 0.636. The molecule has 3 aliphatic heterocycles. The molecule has 0 radical (unpaired) electrons. The van der Waals surface area contributed by atoms with E-state index in [0.717, 1.165) is 18.2 Å². The Morgan fingerprint density at radius 3 is 0.796 bits per heavy atom. The first-order valence-electron chi connectivity index (χ1n) is 16.0. The summed E-state index contributed by atoms with van der Waals surface area (Å²) in [6, 6.07) is 0. The van der Waals surface area contributed by atoms with Crippen LogP contribution in [0.25, 0.3) is 0 Å². The van der Waals surface area contributed by atoms with Gasteiger partial charge in [-0.05, 0) is 0 Å². The number of ketones is 3. The van der Waals surface area contributed by atoms with Crippen LogP contribution in [0, 0.1) is 17.8 Å². The molecule has 3 saturated heterocycles. The van der Waals surface area contributed by atoms with Crippen LogP contribution >= 0.6 is 0 Å². The van der Waals surface area contributed by atoms with Gasteiger partial charge in [0.25, 0.3) is 17.7 Å². The Balaban J connectivity index is 0.000000698. The summed E-state index contributed by atoms with van der Waals surface area (Å²) in [4.78, 5) is 73.7. The Morgan fingerprint density at radius 1 is 0.449 bits per heavy atom. The molecule has 278 valence electrons. The van der Waals surface area contributed by atoms with Crippen molar-refractivity contribution < 1.29 is 75.4 Å². The van der Waals surface area contributed by atoms with Gasteiger partial charge in [-0.2, -0.15) is 0 Å². The molecule has 3 amide bonds. The molecule has 3 rings (SSSR count). The van der Waals surface area contributed by atoms with E-state index in [1.165, 1.54) is 14.7 Å². The topological polar surface area (TPSA) is 201 Å². The van der Waals surface area contributed by atoms with E-state index in [1.807, 2.05) is 0 Å². The van der Waals surface area contributed by atoms with Crippen molar-refractivity contribution in [1.29, 1.82) is 0 Å². The standard InChI is InChI=1S/3C11H17NO4.Fe/c3*1-8(2)9(13)7-10(14)11(15)12-3-5-16-6-4-12;/h3*7-8,13H,3-6H2,1-2H3;. The van der Waals surface area contributed by atoms with E-state index in [-0.39, 0.29) is 52.1 Å². The smallest absolute Gasteiger partial charge is 0.294 e. The number of allylic oxidation sites excluding steroid dienone is 3. The molecule has 3 heterocycles. The molecule has 0 spiro atoms. The molecule has 3 fully saturated rings. The van der Waals surface area contributed by atoms with Crippen molar-refractivity contribution in [1.82, 2.24) is 14.7 Å². The SMILES string of the molecule is CC(C)C(O)=CC(=O)C(=O)N1CCOCC1.CC(C)C(O)=CC(=O)C(=O)N1CCOCC1.CC(C)C(O)=CC(=O)C(=O)N1CCOCC1.[Fe]. The normalized spacial score (nSPS) is 17.3. The number of hydrogen-bond donors (Lipinski definition) is 3. The zero-order valence-corrected chi connectivity index (χ0v) is 30.3. The summed E-state index contributed by atoms with van der Waals surface area (Å²) in [5.74, 6) is -4.38. The summed E-state index contributed by atoms with van der Waals surface area (Å²) >= 11 is 0. The molecule has 0 aromatic carbocycles. The maximum Gasteiger partial charge on any atom is 0.294 e. The Bertz CT molecular complexity index is 1060. The summed E-state index contributed by atoms with van der Waals surface area (Å²) in [6.07, 6.45) is 3.01. The van der Waals surface area contributed by atoms with Crippen LogP contribution in [0.3, 0.4) is 0 Å². The van der Waals surface area contributed by atoms with E-state index in [1.54, 1.807) is 41.5 Å². The molecule has 15 nitrogen and oxygen atoms in total. The van der Waals surface area contributed by atoms with Crippen LogP contribution in [0.2, 0.25) is 0 Å². The second-order valence-electron chi connectivity index (χ2n) is 12.0. The van der Waals surface area contributed by atoms with Gasteiger partial charge in [0.2, 0.25) is 17.3 Å². The minimum absolute atomic E-state index is 0. The molecule has 0 aromatic rings. The van der Waals surface area contributed by atoms with Crippen molar-refractivity contribution in [2.24, 2.45) is 17.8 Å². The van der Waals surface area contributed by atoms with E-state index in [0.29, 0.717) is 78.9 Å². The maximum atomic E-state index is 11.6. The maximum absolute atomic E-state index is 11.6. The number of hydrogen-bond acceptors (Lipinski definition) is 12. The van der Waals surface area contributed by atoms with Crippen molar-refractivity contribution in [3.8, 4) is 0 Å². The molecule has 49 heavy (non-hydrogen) atoms. The summed E-state index contributed by atoms with van der Waals surface area (Å²) in [5, 5.41) is 28.2. The molecular weight excluding hydrogens is 686 g/mol. The van der Waals surface area contributed by atoms with E-state index >= 15 is 0 Å². The number of rotatable bonds is 9. The molecule has 16 heteroatoms.